The molecule has 2 heterocycles. The van der Waals surface area contributed by atoms with Crippen molar-refractivity contribution in [2.75, 3.05) is 7.05 Å². The molecule has 4 nitrogen and oxygen atoms in total. The summed E-state index contributed by atoms with van der Waals surface area (Å²) in [5.41, 5.74) is 0.723. The topological polar surface area (TPSA) is 50.3 Å². The van der Waals surface area contributed by atoms with Gasteiger partial charge < -0.3 is 0 Å². The Morgan fingerprint density at radius 3 is 2.68 bits per heavy atom. The Morgan fingerprint density at radius 2 is 2.16 bits per heavy atom. The van der Waals surface area contributed by atoms with E-state index in [9.17, 15) is 8.42 Å². The van der Waals surface area contributed by atoms with Gasteiger partial charge in [0.05, 0.1) is 20.9 Å². The quantitative estimate of drug-likeness (QED) is 0.841. The summed E-state index contributed by atoms with van der Waals surface area (Å²) in [6.45, 7) is 2.06. The van der Waals surface area contributed by atoms with Gasteiger partial charge in [0, 0.05) is 18.1 Å². The van der Waals surface area contributed by atoms with E-state index in [1.807, 2.05) is 12.1 Å². The van der Waals surface area contributed by atoms with E-state index >= 15 is 0 Å². The summed E-state index contributed by atoms with van der Waals surface area (Å²) < 4.78 is 27.0. The van der Waals surface area contributed by atoms with Crippen LogP contribution in [0.15, 0.2) is 39.1 Å². The molecule has 7 heteroatoms. The number of rotatable bonds is 4. The normalized spacial score (nSPS) is 12.0. The second-order valence-electron chi connectivity index (χ2n) is 4.05. The van der Waals surface area contributed by atoms with Crippen LogP contribution in [0.1, 0.15) is 10.6 Å². The van der Waals surface area contributed by atoms with Gasteiger partial charge in [-0.25, -0.2) is 8.42 Å². The number of sulfonamides is 1. The Labute approximate surface area is 125 Å². The van der Waals surface area contributed by atoms with Gasteiger partial charge in [-0.3, -0.25) is 4.98 Å². The monoisotopic (exact) mass is 360 g/mol. The van der Waals surface area contributed by atoms with Gasteiger partial charge in [0.2, 0.25) is 10.0 Å². The molecular formula is C12H13BrN2O2S2. The molecule has 0 spiro atoms. The molecule has 0 amide bonds. The average Bonchev–Trinajstić information content (AvgIpc) is 2.70. The third-order valence-electron chi connectivity index (χ3n) is 2.64. The lowest BCUT2D eigenvalue weighted by Crippen LogP contribution is -2.27. The van der Waals surface area contributed by atoms with E-state index in [1.54, 1.807) is 32.3 Å². The number of aryl methyl sites for hydroxylation is 1. The van der Waals surface area contributed by atoms with Crippen LogP contribution in [-0.2, 0) is 16.6 Å². The molecule has 19 heavy (non-hydrogen) atoms. The van der Waals surface area contributed by atoms with Crippen LogP contribution in [0.3, 0.4) is 0 Å². The number of nitrogens with zero attached hydrogens (tertiary/aromatic N) is 2. The number of aromatic nitrogens is 1. The maximum atomic E-state index is 12.5. The van der Waals surface area contributed by atoms with Crippen LogP contribution in [-0.4, -0.2) is 24.8 Å². The van der Waals surface area contributed by atoms with Crippen molar-refractivity contribution in [2.24, 2.45) is 0 Å². The molecule has 0 aliphatic rings. The Morgan fingerprint density at radius 1 is 1.42 bits per heavy atom. The first-order chi connectivity index (χ1) is 8.91. The van der Waals surface area contributed by atoms with Gasteiger partial charge in [-0.1, -0.05) is 6.07 Å². The number of hydrogen-bond donors (Lipinski definition) is 0. The van der Waals surface area contributed by atoms with E-state index < -0.39 is 10.0 Å². The lowest BCUT2D eigenvalue weighted by Gasteiger charge is -2.16. The fourth-order valence-electron chi connectivity index (χ4n) is 1.66. The Hall–Kier alpha value is -0.760. The molecule has 0 aliphatic carbocycles. The van der Waals surface area contributed by atoms with Crippen LogP contribution in [0.5, 0.6) is 0 Å². The van der Waals surface area contributed by atoms with Crippen molar-refractivity contribution in [1.29, 1.82) is 0 Å². The van der Waals surface area contributed by atoms with Gasteiger partial charge >= 0.3 is 0 Å². The van der Waals surface area contributed by atoms with Gasteiger partial charge in [0.1, 0.15) is 0 Å². The summed E-state index contributed by atoms with van der Waals surface area (Å²) in [4.78, 5) is 5.27. The lowest BCUT2D eigenvalue weighted by atomic mass is 10.3. The molecule has 0 atom stereocenters. The summed E-state index contributed by atoms with van der Waals surface area (Å²) in [6.07, 6.45) is 1.65. The van der Waals surface area contributed by atoms with Crippen molar-refractivity contribution < 1.29 is 8.42 Å². The summed E-state index contributed by atoms with van der Waals surface area (Å²) in [6, 6.07) is 7.10. The fraction of sp³-hybridized carbons (Fsp3) is 0.250. The highest BCUT2D eigenvalue weighted by Gasteiger charge is 2.24. The Bertz CT molecular complexity index is 668. The molecule has 2 aromatic rings. The summed E-state index contributed by atoms with van der Waals surface area (Å²) in [7, 11) is -1.91. The molecule has 0 fully saturated rings. The van der Waals surface area contributed by atoms with E-state index in [4.69, 9.17) is 0 Å². The first-order valence-corrected chi connectivity index (χ1v) is 8.58. The van der Waals surface area contributed by atoms with Crippen LogP contribution in [0.2, 0.25) is 0 Å². The minimum atomic E-state index is -3.47. The smallest absolute Gasteiger partial charge is 0.244 e. The van der Waals surface area contributed by atoms with Crippen molar-refractivity contribution in [1.82, 2.24) is 9.29 Å². The maximum absolute atomic E-state index is 12.5. The predicted octanol–water partition coefficient (Wildman–Crippen LogP) is 3.03. The lowest BCUT2D eigenvalue weighted by molar-refractivity contribution is 0.462. The second kappa shape index (κ2) is 5.70. The minimum Gasteiger partial charge on any atom is -0.260 e. The van der Waals surface area contributed by atoms with E-state index in [2.05, 4.69) is 20.9 Å². The molecule has 0 saturated heterocycles. The zero-order valence-corrected chi connectivity index (χ0v) is 13.7. The van der Waals surface area contributed by atoms with Gasteiger partial charge in [-0.2, -0.15) is 4.31 Å². The van der Waals surface area contributed by atoms with Crippen molar-refractivity contribution in [3.63, 3.8) is 0 Å². The molecule has 0 unspecified atom stereocenters. The maximum Gasteiger partial charge on any atom is 0.244 e. The van der Waals surface area contributed by atoms with Crippen LogP contribution in [0.25, 0.3) is 0 Å². The molecule has 0 N–H and O–H groups in total. The largest absolute Gasteiger partial charge is 0.260 e. The highest BCUT2D eigenvalue weighted by molar-refractivity contribution is 9.11. The first kappa shape index (κ1) is 14.6. The van der Waals surface area contributed by atoms with Crippen molar-refractivity contribution in [3.05, 3.63) is 44.8 Å². The Balaban J connectivity index is 2.27. The summed E-state index contributed by atoms with van der Waals surface area (Å²) in [5.74, 6) is 0. The molecule has 2 aromatic heterocycles. The third-order valence-corrected chi connectivity index (χ3v) is 6.25. The van der Waals surface area contributed by atoms with E-state index in [-0.39, 0.29) is 6.54 Å². The molecule has 102 valence electrons. The number of hydrogen-bond acceptors (Lipinski definition) is 4. The molecule has 0 aromatic carbocycles. The third kappa shape index (κ3) is 3.22. The standard InChI is InChI=1S/C12H13BrN2O2S2/c1-9-11(7-12(13)18-9)19(16,17)15(2)8-10-5-3-4-6-14-10/h3-7H,8H2,1-2H3. The van der Waals surface area contributed by atoms with Gasteiger partial charge in [0.25, 0.3) is 0 Å². The zero-order chi connectivity index (χ0) is 14.0. The Kier molecular flexibility index (Phi) is 4.39. The SMILES string of the molecule is Cc1sc(Br)cc1S(=O)(=O)N(C)Cc1ccccn1. The molecule has 0 bridgehead atoms. The molecule has 0 radical (unpaired) electrons. The van der Waals surface area contributed by atoms with Gasteiger partial charge in [0.15, 0.2) is 0 Å². The molecule has 0 aliphatic heterocycles. The molecule has 2 rings (SSSR count). The number of thiophene rings is 1. The van der Waals surface area contributed by atoms with Crippen molar-refractivity contribution >= 4 is 37.3 Å². The molecule has 0 saturated carbocycles. The van der Waals surface area contributed by atoms with E-state index in [0.717, 1.165) is 14.4 Å². The number of halogens is 1. The van der Waals surface area contributed by atoms with Crippen LogP contribution in [0.4, 0.5) is 0 Å². The van der Waals surface area contributed by atoms with Crippen molar-refractivity contribution in [2.45, 2.75) is 18.4 Å². The predicted molar refractivity (Wildman–Crippen MR) is 79.6 cm³/mol. The zero-order valence-electron chi connectivity index (χ0n) is 10.5. The van der Waals surface area contributed by atoms with Gasteiger partial charge in [-0.15, -0.1) is 11.3 Å². The molecular weight excluding hydrogens is 348 g/mol. The first-order valence-electron chi connectivity index (χ1n) is 5.53. The van der Waals surface area contributed by atoms with Crippen LogP contribution >= 0.6 is 27.3 Å². The summed E-state index contributed by atoms with van der Waals surface area (Å²) in [5, 5.41) is 0. The van der Waals surface area contributed by atoms with Crippen LogP contribution in [0, 0.1) is 6.92 Å². The highest BCUT2D eigenvalue weighted by atomic mass is 79.9. The van der Waals surface area contributed by atoms with E-state index in [1.165, 1.54) is 15.6 Å². The average molecular weight is 361 g/mol. The minimum absolute atomic E-state index is 0.260. The second-order valence-corrected chi connectivity index (χ2v) is 8.70. The van der Waals surface area contributed by atoms with Crippen LogP contribution < -0.4 is 0 Å². The highest BCUT2D eigenvalue weighted by Crippen LogP contribution is 2.31. The fourth-order valence-corrected chi connectivity index (χ4v) is 5.18. The van der Waals surface area contributed by atoms with Crippen molar-refractivity contribution in [3.8, 4) is 0 Å². The van der Waals surface area contributed by atoms with E-state index in [0.29, 0.717) is 4.90 Å². The number of pyridine rings is 1. The summed E-state index contributed by atoms with van der Waals surface area (Å²) >= 11 is 4.73. The van der Waals surface area contributed by atoms with Gasteiger partial charge in [-0.05, 0) is 41.1 Å².